The summed E-state index contributed by atoms with van der Waals surface area (Å²) in [5.41, 5.74) is 0. The van der Waals surface area contributed by atoms with Gasteiger partial charge in [0.15, 0.2) is 0 Å². The third-order valence-electron chi connectivity index (χ3n) is 2.47. The minimum Gasteiger partial charge on any atom is -0.345 e. The monoisotopic (exact) mass is 281 g/mol. The normalized spacial score (nSPS) is 19.6. The fraction of sp³-hybridized carbons (Fsp3) is 0.700. The van der Waals surface area contributed by atoms with Crippen LogP contribution in [0.15, 0.2) is 0 Å². The number of halogens is 3. The minimum absolute atomic E-state index is 0.422. The highest BCUT2D eigenvalue weighted by molar-refractivity contribution is 6.06. The highest BCUT2D eigenvalue weighted by Gasteiger charge is 2.38. The van der Waals surface area contributed by atoms with Crippen LogP contribution < -0.4 is 10.6 Å². The van der Waals surface area contributed by atoms with E-state index in [4.69, 9.17) is 0 Å². The van der Waals surface area contributed by atoms with E-state index in [0.29, 0.717) is 17.7 Å². The SMILES string of the molecule is CCC[C@@H]1NC(=O)N(CC(=O)NCC(F)(F)F)C1=O. The van der Waals surface area contributed by atoms with Gasteiger partial charge in [-0.1, -0.05) is 13.3 Å². The Morgan fingerprint density at radius 2 is 2.05 bits per heavy atom. The number of hydrogen-bond acceptors (Lipinski definition) is 3. The summed E-state index contributed by atoms with van der Waals surface area (Å²) >= 11 is 0. The van der Waals surface area contributed by atoms with Gasteiger partial charge in [0.2, 0.25) is 5.91 Å². The molecule has 0 aromatic heterocycles. The third-order valence-corrected chi connectivity index (χ3v) is 2.47. The van der Waals surface area contributed by atoms with Crippen LogP contribution in [0.5, 0.6) is 0 Å². The van der Waals surface area contributed by atoms with E-state index < -0.39 is 43.2 Å². The molecule has 4 amide bonds. The first-order valence-corrected chi connectivity index (χ1v) is 5.70. The van der Waals surface area contributed by atoms with Crippen LogP contribution in [0, 0.1) is 0 Å². The van der Waals surface area contributed by atoms with Crippen LogP contribution in [-0.2, 0) is 9.59 Å². The summed E-state index contributed by atoms with van der Waals surface area (Å²) in [4.78, 5) is 34.9. The number of nitrogens with zero attached hydrogens (tertiary/aromatic N) is 1. The molecule has 1 atom stereocenters. The van der Waals surface area contributed by atoms with E-state index in [2.05, 4.69) is 5.32 Å². The average Bonchev–Trinajstić information content (AvgIpc) is 2.54. The molecule has 1 saturated heterocycles. The zero-order valence-corrected chi connectivity index (χ0v) is 10.2. The second-order valence-corrected chi connectivity index (χ2v) is 4.11. The van der Waals surface area contributed by atoms with Crippen molar-refractivity contribution in [2.75, 3.05) is 13.1 Å². The largest absolute Gasteiger partial charge is 0.405 e. The zero-order chi connectivity index (χ0) is 14.6. The van der Waals surface area contributed by atoms with E-state index in [-0.39, 0.29) is 0 Å². The minimum atomic E-state index is -4.53. The molecule has 1 aliphatic rings. The summed E-state index contributed by atoms with van der Waals surface area (Å²) in [5.74, 6) is -1.62. The molecule has 108 valence electrons. The number of hydrogen-bond donors (Lipinski definition) is 2. The lowest BCUT2D eigenvalue weighted by molar-refractivity contribution is -0.140. The summed E-state index contributed by atoms with van der Waals surface area (Å²) in [6.45, 7) is -0.382. The van der Waals surface area contributed by atoms with Gasteiger partial charge in [-0.05, 0) is 6.42 Å². The van der Waals surface area contributed by atoms with Crippen molar-refractivity contribution in [3.8, 4) is 0 Å². The highest BCUT2D eigenvalue weighted by atomic mass is 19.4. The summed E-state index contributed by atoms with van der Waals surface area (Å²) in [6.07, 6.45) is -3.45. The van der Waals surface area contributed by atoms with Gasteiger partial charge in [-0.2, -0.15) is 13.2 Å². The van der Waals surface area contributed by atoms with Gasteiger partial charge < -0.3 is 10.6 Å². The Labute approximate surface area is 107 Å². The predicted octanol–water partition coefficient (Wildman–Crippen LogP) is 0.385. The maximum atomic E-state index is 11.9. The molecule has 1 aliphatic heterocycles. The van der Waals surface area contributed by atoms with Gasteiger partial charge in [0.25, 0.3) is 5.91 Å². The Balaban J connectivity index is 2.50. The van der Waals surface area contributed by atoms with Gasteiger partial charge in [-0.25, -0.2) is 4.79 Å². The van der Waals surface area contributed by atoms with E-state index in [1.54, 1.807) is 5.32 Å². The summed E-state index contributed by atoms with van der Waals surface area (Å²) < 4.78 is 35.6. The molecule has 1 heterocycles. The fourth-order valence-electron chi connectivity index (χ4n) is 1.61. The highest BCUT2D eigenvalue weighted by Crippen LogP contribution is 2.13. The molecule has 0 aromatic rings. The molecule has 0 unspecified atom stereocenters. The van der Waals surface area contributed by atoms with Gasteiger partial charge in [0, 0.05) is 0 Å². The predicted molar refractivity (Wildman–Crippen MR) is 58.0 cm³/mol. The van der Waals surface area contributed by atoms with Crippen LogP contribution in [0.25, 0.3) is 0 Å². The lowest BCUT2D eigenvalue weighted by Crippen LogP contribution is -2.43. The van der Waals surface area contributed by atoms with Crippen molar-refractivity contribution in [2.45, 2.75) is 32.0 Å². The van der Waals surface area contributed by atoms with E-state index in [1.165, 1.54) is 0 Å². The molecule has 0 bridgehead atoms. The fourth-order valence-corrected chi connectivity index (χ4v) is 1.61. The Kier molecular flexibility index (Phi) is 4.73. The number of imide groups is 1. The Bertz CT molecular complexity index is 384. The van der Waals surface area contributed by atoms with E-state index in [0.717, 1.165) is 0 Å². The first-order valence-electron chi connectivity index (χ1n) is 5.70. The molecule has 0 saturated carbocycles. The summed E-state index contributed by atoms with van der Waals surface area (Å²) in [7, 11) is 0. The van der Waals surface area contributed by atoms with Gasteiger partial charge in [-0.3, -0.25) is 14.5 Å². The van der Waals surface area contributed by atoms with E-state index in [9.17, 15) is 27.6 Å². The smallest absolute Gasteiger partial charge is 0.345 e. The van der Waals surface area contributed by atoms with E-state index >= 15 is 0 Å². The zero-order valence-electron chi connectivity index (χ0n) is 10.2. The number of carbonyl (C=O) groups excluding carboxylic acids is 3. The first-order chi connectivity index (χ1) is 8.74. The number of carbonyl (C=O) groups is 3. The van der Waals surface area contributed by atoms with Crippen molar-refractivity contribution in [3.05, 3.63) is 0 Å². The van der Waals surface area contributed by atoms with Gasteiger partial charge >= 0.3 is 12.2 Å². The topological polar surface area (TPSA) is 78.5 Å². The first kappa shape index (κ1) is 15.3. The molecule has 0 spiro atoms. The van der Waals surface area contributed by atoms with Crippen molar-refractivity contribution in [2.24, 2.45) is 0 Å². The van der Waals surface area contributed by atoms with Crippen molar-refractivity contribution in [1.29, 1.82) is 0 Å². The lowest BCUT2D eigenvalue weighted by Gasteiger charge is -2.13. The Morgan fingerprint density at radius 3 is 2.58 bits per heavy atom. The molecular formula is C10H14F3N3O3. The molecule has 0 radical (unpaired) electrons. The van der Waals surface area contributed by atoms with E-state index in [1.807, 2.05) is 6.92 Å². The molecular weight excluding hydrogens is 267 g/mol. The molecule has 19 heavy (non-hydrogen) atoms. The number of urea groups is 1. The second kappa shape index (κ2) is 5.89. The molecule has 1 rings (SSSR count). The standard InChI is InChI=1S/C10H14F3N3O3/c1-2-3-6-8(18)16(9(19)15-6)4-7(17)14-5-10(11,12)13/h6H,2-5H2,1H3,(H,14,17)(H,15,19)/t6-/m0/s1. The van der Waals surface area contributed by atoms with Crippen LogP contribution in [0.2, 0.25) is 0 Å². The molecule has 0 aliphatic carbocycles. The molecule has 1 fully saturated rings. The summed E-state index contributed by atoms with van der Waals surface area (Å²) in [6, 6.07) is -1.46. The van der Waals surface area contributed by atoms with Crippen molar-refractivity contribution in [3.63, 3.8) is 0 Å². The summed E-state index contributed by atoms with van der Waals surface area (Å²) in [5, 5.41) is 3.97. The van der Waals surface area contributed by atoms with Crippen LogP contribution in [0.3, 0.4) is 0 Å². The van der Waals surface area contributed by atoms with Gasteiger partial charge in [-0.15, -0.1) is 0 Å². The second-order valence-electron chi connectivity index (χ2n) is 4.11. The maximum Gasteiger partial charge on any atom is 0.405 e. The molecule has 2 N–H and O–H groups in total. The lowest BCUT2D eigenvalue weighted by atomic mass is 10.2. The quantitative estimate of drug-likeness (QED) is 0.715. The number of rotatable bonds is 5. The maximum absolute atomic E-state index is 11.9. The number of nitrogens with one attached hydrogen (secondary N) is 2. The van der Waals surface area contributed by atoms with Crippen molar-refractivity contribution >= 4 is 17.8 Å². The molecule has 0 aromatic carbocycles. The molecule has 9 heteroatoms. The van der Waals surface area contributed by atoms with Crippen molar-refractivity contribution in [1.82, 2.24) is 15.5 Å². The van der Waals surface area contributed by atoms with Crippen molar-refractivity contribution < 1.29 is 27.6 Å². The van der Waals surface area contributed by atoms with Gasteiger partial charge in [0.1, 0.15) is 19.1 Å². The third kappa shape index (κ3) is 4.42. The number of alkyl halides is 3. The van der Waals surface area contributed by atoms with Crippen LogP contribution in [-0.4, -0.2) is 48.1 Å². The van der Waals surface area contributed by atoms with Crippen LogP contribution >= 0.6 is 0 Å². The average molecular weight is 281 g/mol. The Morgan fingerprint density at radius 1 is 1.42 bits per heavy atom. The number of amides is 4. The van der Waals surface area contributed by atoms with Crippen LogP contribution in [0.1, 0.15) is 19.8 Å². The molecule has 6 nitrogen and oxygen atoms in total. The Hall–Kier alpha value is -1.80. The van der Waals surface area contributed by atoms with Crippen LogP contribution in [0.4, 0.5) is 18.0 Å². The van der Waals surface area contributed by atoms with Gasteiger partial charge in [0.05, 0.1) is 0 Å².